The lowest BCUT2D eigenvalue weighted by atomic mass is 9.92. The lowest BCUT2D eigenvalue weighted by Crippen LogP contribution is -2.46. The van der Waals surface area contributed by atoms with Gasteiger partial charge in [0.15, 0.2) is 0 Å². The normalized spacial score (nSPS) is 17.0. The van der Waals surface area contributed by atoms with Gasteiger partial charge in [0, 0.05) is 18.3 Å². The van der Waals surface area contributed by atoms with E-state index in [9.17, 15) is 9.59 Å². The summed E-state index contributed by atoms with van der Waals surface area (Å²) in [4.78, 5) is 27.3. The molecule has 5 heteroatoms. The van der Waals surface area contributed by atoms with Gasteiger partial charge < -0.3 is 10.2 Å². The summed E-state index contributed by atoms with van der Waals surface area (Å²) < 4.78 is 0. The smallest absolute Gasteiger partial charge is 0.247 e. The average molecular weight is 314 g/mol. The van der Waals surface area contributed by atoms with Crippen molar-refractivity contribution >= 4 is 23.2 Å². The third kappa shape index (κ3) is 2.90. The van der Waals surface area contributed by atoms with Crippen LogP contribution < -0.4 is 5.32 Å². The summed E-state index contributed by atoms with van der Waals surface area (Å²) in [7, 11) is 0. The van der Waals surface area contributed by atoms with Crippen molar-refractivity contribution in [3.63, 3.8) is 0 Å². The summed E-state index contributed by atoms with van der Waals surface area (Å²) in [6.45, 7) is 2.61. The van der Waals surface area contributed by atoms with E-state index >= 15 is 0 Å². The molecule has 1 aliphatic heterocycles. The molecule has 2 aromatic rings. The summed E-state index contributed by atoms with van der Waals surface area (Å²) in [6.07, 6.45) is 0.796. The number of amides is 2. The first-order chi connectivity index (χ1) is 10.7. The van der Waals surface area contributed by atoms with Crippen molar-refractivity contribution < 1.29 is 9.59 Å². The molecule has 0 saturated carbocycles. The first kappa shape index (κ1) is 14.8. The molecule has 3 rings (SSSR count). The molecular formula is C17H18N2O2S. The number of nitrogens with zero attached hydrogens (tertiary/aromatic N) is 1. The minimum Gasteiger partial charge on any atom is -0.349 e. The Labute approximate surface area is 133 Å². The second kappa shape index (κ2) is 6.32. The van der Waals surface area contributed by atoms with Gasteiger partial charge >= 0.3 is 0 Å². The Morgan fingerprint density at radius 2 is 2.09 bits per heavy atom. The zero-order valence-corrected chi connectivity index (χ0v) is 13.2. The number of hydrogen-bond donors (Lipinski definition) is 1. The van der Waals surface area contributed by atoms with Crippen molar-refractivity contribution in [2.75, 3.05) is 6.54 Å². The molecule has 22 heavy (non-hydrogen) atoms. The second-order valence-corrected chi connectivity index (χ2v) is 6.39. The fraction of sp³-hybridized carbons (Fsp3) is 0.294. The van der Waals surface area contributed by atoms with Gasteiger partial charge in [-0.1, -0.05) is 30.3 Å². The van der Waals surface area contributed by atoms with Crippen LogP contribution >= 0.6 is 11.3 Å². The summed E-state index contributed by atoms with van der Waals surface area (Å²) in [5.74, 6) is -0.179. The van der Waals surface area contributed by atoms with Crippen LogP contribution in [0.4, 0.5) is 0 Å². The number of carbonyl (C=O) groups is 2. The van der Waals surface area contributed by atoms with Crippen LogP contribution in [-0.2, 0) is 22.6 Å². The van der Waals surface area contributed by atoms with Gasteiger partial charge in [-0.25, -0.2) is 0 Å². The number of hydrogen-bond acceptors (Lipinski definition) is 3. The minimum atomic E-state index is -0.526. The standard InChI is InChI=1S/C17H18N2O2S/c1-12(20)19-9-8-13-5-2-3-7-15(13)16(19)17(21)18-11-14-6-4-10-22-14/h2-7,10,16H,8-9,11H2,1H3,(H,18,21)/t16-/m1/s1. The molecule has 1 aliphatic rings. The first-order valence-corrected chi connectivity index (χ1v) is 8.20. The summed E-state index contributed by atoms with van der Waals surface area (Å²) in [5, 5.41) is 4.94. The number of rotatable bonds is 3. The number of nitrogens with one attached hydrogen (secondary N) is 1. The van der Waals surface area contributed by atoms with Crippen molar-refractivity contribution in [2.45, 2.75) is 25.9 Å². The number of benzene rings is 1. The first-order valence-electron chi connectivity index (χ1n) is 7.32. The number of carbonyl (C=O) groups excluding carboxylic acids is 2. The summed E-state index contributed by atoms with van der Waals surface area (Å²) >= 11 is 1.61. The molecule has 0 saturated heterocycles. The highest BCUT2D eigenvalue weighted by atomic mass is 32.1. The van der Waals surface area contributed by atoms with E-state index < -0.39 is 6.04 Å². The Morgan fingerprint density at radius 1 is 1.27 bits per heavy atom. The molecule has 1 aromatic heterocycles. The van der Waals surface area contributed by atoms with Crippen LogP contribution in [0.3, 0.4) is 0 Å². The van der Waals surface area contributed by atoms with Crippen molar-refractivity contribution in [3.05, 3.63) is 57.8 Å². The third-order valence-corrected chi connectivity index (χ3v) is 4.83. The SMILES string of the molecule is CC(=O)N1CCc2ccccc2[C@@H]1C(=O)NCc1cccs1. The highest BCUT2D eigenvalue weighted by Crippen LogP contribution is 2.30. The fourth-order valence-corrected chi connectivity index (χ4v) is 3.52. The van der Waals surface area contributed by atoms with Crippen LogP contribution in [-0.4, -0.2) is 23.3 Å². The van der Waals surface area contributed by atoms with E-state index in [4.69, 9.17) is 0 Å². The van der Waals surface area contributed by atoms with Crippen LogP contribution in [0.5, 0.6) is 0 Å². The van der Waals surface area contributed by atoms with E-state index in [1.807, 2.05) is 41.8 Å². The molecule has 0 unspecified atom stereocenters. The Balaban J connectivity index is 1.83. The van der Waals surface area contributed by atoms with Gasteiger partial charge in [0.05, 0.1) is 6.54 Å². The molecule has 2 heterocycles. The van der Waals surface area contributed by atoms with E-state index in [-0.39, 0.29) is 11.8 Å². The van der Waals surface area contributed by atoms with Crippen LogP contribution in [0.25, 0.3) is 0 Å². The van der Waals surface area contributed by atoms with Crippen LogP contribution in [0.2, 0.25) is 0 Å². The maximum absolute atomic E-state index is 12.7. The lowest BCUT2D eigenvalue weighted by molar-refractivity contribution is -0.139. The predicted molar refractivity (Wildman–Crippen MR) is 86.4 cm³/mol. The molecule has 0 spiro atoms. The molecule has 1 N–H and O–H groups in total. The number of fused-ring (bicyclic) bond motifs is 1. The maximum Gasteiger partial charge on any atom is 0.247 e. The van der Waals surface area contributed by atoms with Crippen LogP contribution in [0.15, 0.2) is 41.8 Å². The fourth-order valence-electron chi connectivity index (χ4n) is 2.87. The molecule has 0 radical (unpaired) electrons. The largest absolute Gasteiger partial charge is 0.349 e. The molecular weight excluding hydrogens is 296 g/mol. The van der Waals surface area contributed by atoms with Gasteiger partial charge in [0.2, 0.25) is 11.8 Å². The molecule has 114 valence electrons. The van der Waals surface area contributed by atoms with Gasteiger partial charge in [0.25, 0.3) is 0 Å². The summed E-state index contributed by atoms with van der Waals surface area (Å²) in [5.41, 5.74) is 2.09. The van der Waals surface area contributed by atoms with E-state index in [2.05, 4.69) is 5.32 Å². The van der Waals surface area contributed by atoms with Gasteiger partial charge in [-0.2, -0.15) is 0 Å². The van der Waals surface area contributed by atoms with E-state index in [1.165, 1.54) is 6.92 Å². The topological polar surface area (TPSA) is 49.4 Å². The highest BCUT2D eigenvalue weighted by molar-refractivity contribution is 7.09. The van der Waals surface area contributed by atoms with Gasteiger partial charge in [-0.05, 0) is 29.0 Å². The van der Waals surface area contributed by atoms with E-state index in [1.54, 1.807) is 16.2 Å². The Morgan fingerprint density at radius 3 is 2.82 bits per heavy atom. The molecule has 0 fully saturated rings. The Bertz CT molecular complexity index is 682. The maximum atomic E-state index is 12.7. The molecule has 4 nitrogen and oxygen atoms in total. The third-order valence-electron chi connectivity index (χ3n) is 3.95. The minimum absolute atomic E-state index is 0.0641. The zero-order valence-electron chi connectivity index (χ0n) is 12.4. The van der Waals surface area contributed by atoms with Gasteiger partial charge in [0.1, 0.15) is 6.04 Å². The predicted octanol–water partition coefficient (Wildman–Crippen LogP) is 2.51. The van der Waals surface area contributed by atoms with E-state index in [0.29, 0.717) is 13.1 Å². The molecule has 0 aliphatic carbocycles. The van der Waals surface area contributed by atoms with Crippen molar-refractivity contribution in [2.24, 2.45) is 0 Å². The van der Waals surface area contributed by atoms with Crippen LogP contribution in [0.1, 0.15) is 29.0 Å². The quantitative estimate of drug-likeness (QED) is 0.946. The zero-order chi connectivity index (χ0) is 15.5. The molecule has 0 bridgehead atoms. The molecule has 1 aromatic carbocycles. The van der Waals surface area contributed by atoms with E-state index in [0.717, 1.165) is 22.4 Å². The van der Waals surface area contributed by atoms with Gasteiger partial charge in [-0.15, -0.1) is 11.3 Å². The summed E-state index contributed by atoms with van der Waals surface area (Å²) in [6, 6.07) is 11.3. The highest BCUT2D eigenvalue weighted by Gasteiger charge is 2.34. The second-order valence-electron chi connectivity index (χ2n) is 5.36. The Hall–Kier alpha value is -2.14. The van der Waals surface area contributed by atoms with Gasteiger partial charge in [-0.3, -0.25) is 9.59 Å². The van der Waals surface area contributed by atoms with Crippen molar-refractivity contribution in [1.29, 1.82) is 0 Å². The van der Waals surface area contributed by atoms with Crippen LogP contribution in [0, 0.1) is 0 Å². The monoisotopic (exact) mass is 314 g/mol. The average Bonchev–Trinajstić information content (AvgIpc) is 3.04. The Kier molecular flexibility index (Phi) is 4.24. The number of thiophene rings is 1. The molecule has 1 atom stereocenters. The van der Waals surface area contributed by atoms with Crippen molar-refractivity contribution in [3.8, 4) is 0 Å². The lowest BCUT2D eigenvalue weighted by Gasteiger charge is -2.35. The molecule has 2 amide bonds. The van der Waals surface area contributed by atoms with Crippen molar-refractivity contribution in [1.82, 2.24) is 10.2 Å².